The smallest absolute Gasteiger partial charge is 0.486 e. The number of hydrogen-bond donors (Lipinski definition) is 0. The van der Waals surface area contributed by atoms with Gasteiger partial charge in [0.15, 0.2) is 5.76 Å². The summed E-state index contributed by atoms with van der Waals surface area (Å²) in [7, 11) is -5.80. The number of rotatable bonds is 9. The van der Waals surface area contributed by atoms with Crippen molar-refractivity contribution in [3.8, 4) is 16.9 Å². The summed E-state index contributed by atoms with van der Waals surface area (Å²) in [5.41, 5.74) is -1.62. The number of halogens is 3. The van der Waals surface area contributed by atoms with Crippen molar-refractivity contribution in [1.82, 2.24) is 0 Å². The van der Waals surface area contributed by atoms with Crippen molar-refractivity contribution in [2.45, 2.75) is 12.1 Å². The van der Waals surface area contributed by atoms with Crippen LogP contribution in [-0.4, -0.2) is 20.6 Å². The van der Waals surface area contributed by atoms with E-state index in [1.54, 1.807) is 24.3 Å². The first kappa shape index (κ1) is 26.7. The molecule has 0 saturated heterocycles. The molecule has 0 fully saturated rings. The molecule has 0 radical (unpaired) electrons. The van der Waals surface area contributed by atoms with Crippen molar-refractivity contribution in [1.29, 1.82) is 0 Å². The second-order valence-corrected chi connectivity index (χ2v) is 9.56. The maximum Gasteiger partial charge on any atom is 0.534 e. The molecule has 0 unspecified atom stereocenters. The number of nitrogens with zero attached hydrogens (tertiary/aromatic N) is 1. The van der Waals surface area contributed by atoms with E-state index in [1.165, 1.54) is 12.1 Å². The fourth-order valence-electron chi connectivity index (χ4n) is 3.74. The highest BCUT2D eigenvalue weighted by atomic mass is 32.2. The summed E-state index contributed by atoms with van der Waals surface area (Å²) in [4.78, 5) is 4.23. The molecule has 0 aliphatic rings. The van der Waals surface area contributed by atoms with E-state index in [0.717, 1.165) is 17.2 Å². The topological polar surface area (TPSA) is 65.0 Å². The Balaban J connectivity index is 1.69. The van der Waals surface area contributed by atoms with Crippen molar-refractivity contribution in [3.05, 3.63) is 126 Å². The molecule has 0 atom stereocenters. The molecule has 194 valence electrons. The van der Waals surface area contributed by atoms with E-state index in [-0.39, 0.29) is 6.61 Å². The van der Waals surface area contributed by atoms with Gasteiger partial charge in [0.2, 0.25) is 0 Å². The standard InChI is InChI=1S/C29H22F3NO4S/c1-33-27(21-11-4-2-5-12-21)28(22-13-6-3-7-14-22)36-20-24-15-8-9-18-26(24)23-16-10-17-25(19-23)37-38(34,35)29(30,31)32/h2-19H,1,20H2/b28-27-. The highest BCUT2D eigenvalue weighted by Gasteiger charge is 2.48. The fourth-order valence-corrected chi connectivity index (χ4v) is 4.19. The Morgan fingerprint density at radius 2 is 1.39 bits per heavy atom. The number of ether oxygens (including phenoxy) is 1. The molecule has 0 amide bonds. The molecule has 4 aromatic carbocycles. The molecule has 4 aromatic rings. The molecular weight excluding hydrogens is 515 g/mol. The predicted molar refractivity (Wildman–Crippen MR) is 142 cm³/mol. The van der Waals surface area contributed by atoms with Gasteiger partial charge in [0.1, 0.15) is 18.1 Å². The third-order valence-electron chi connectivity index (χ3n) is 5.48. The highest BCUT2D eigenvalue weighted by Crippen LogP contribution is 2.33. The van der Waals surface area contributed by atoms with Gasteiger partial charge in [-0.1, -0.05) is 97.1 Å². The Kier molecular flexibility index (Phi) is 7.97. The van der Waals surface area contributed by atoms with Gasteiger partial charge in [0, 0.05) is 11.1 Å². The third kappa shape index (κ3) is 6.12. The normalized spacial score (nSPS) is 12.4. The van der Waals surface area contributed by atoms with Gasteiger partial charge < -0.3 is 8.92 Å². The Labute approximate surface area is 218 Å². The number of benzene rings is 4. The van der Waals surface area contributed by atoms with Crippen molar-refractivity contribution in [2.24, 2.45) is 4.99 Å². The molecular formula is C29H22F3NO4S. The zero-order chi connectivity index (χ0) is 27.2. The molecule has 38 heavy (non-hydrogen) atoms. The Hall–Kier alpha value is -4.37. The predicted octanol–water partition coefficient (Wildman–Crippen LogP) is 7.33. The summed E-state index contributed by atoms with van der Waals surface area (Å²) < 4.78 is 71.9. The van der Waals surface area contributed by atoms with Crippen molar-refractivity contribution in [3.63, 3.8) is 0 Å². The van der Waals surface area contributed by atoms with E-state index >= 15 is 0 Å². The highest BCUT2D eigenvalue weighted by molar-refractivity contribution is 7.88. The zero-order valence-corrected chi connectivity index (χ0v) is 20.7. The first-order valence-electron chi connectivity index (χ1n) is 11.3. The first-order valence-corrected chi connectivity index (χ1v) is 12.7. The van der Waals surface area contributed by atoms with Gasteiger partial charge >= 0.3 is 15.6 Å². The van der Waals surface area contributed by atoms with Crippen molar-refractivity contribution in [2.75, 3.05) is 0 Å². The van der Waals surface area contributed by atoms with Gasteiger partial charge in [0.25, 0.3) is 0 Å². The van der Waals surface area contributed by atoms with Gasteiger partial charge in [-0.05, 0) is 35.5 Å². The van der Waals surface area contributed by atoms with E-state index in [2.05, 4.69) is 15.9 Å². The van der Waals surface area contributed by atoms with Crippen LogP contribution in [0.1, 0.15) is 16.7 Å². The van der Waals surface area contributed by atoms with Crippen LogP contribution in [0.4, 0.5) is 13.2 Å². The molecule has 0 aromatic heterocycles. The zero-order valence-electron chi connectivity index (χ0n) is 19.9. The van der Waals surface area contributed by atoms with Crippen molar-refractivity contribution >= 4 is 28.3 Å². The SMILES string of the molecule is C=N/C(=C(\OCc1ccccc1-c1cccc(OS(=O)(=O)C(F)(F)F)c1)c1ccccc1)c1ccccc1. The maximum absolute atomic E-state index is 12.8. The second-order valence-electron chi connectivity index (χ2n) is 8.02. The second kappa shape index (κ2) is 11.4. The van der Waals surface area contributed by atoms with Gasteiger partial charge in [-0.2, -0.15) is 21.6 Å². The molecule has 0 spiro atoms. The number of aliphatic imine (C=N–C) groups is 1. The molecule has 0 aliphatic carbocycles. The molecule has 0 bridgehead atoms. The minimum absolute atomic E-state index is 0.0815. The molecule has 4 rings (SSSR count). The van der Waals surface area contributed by atoms with E-state index in [1.807, 2.05) is 66.7 Å². The third-order valence-corrected chi connectivity index (χ3v) is 6.46. The molecule has 5 nitrogen and oxygen atoms in total. The number of alkyl halides is 3. The molecule has 0 aliphatic heterocycles. The van der Waals surface area contributed by atoms with Crippen molar-refractivity contribution < 1.29 is 30.5 Å². The molecule has 0 saturated carbocycles. The number of hydrogen-bond acceptors (Lipinski definition) is 5. The van der Waals surface area contributed by atoms with E-state index in [9.17, 15) is 21.6 Å². The lowest BCUT2D eigenvalue weighted by Crippen LogP contribution is -2.28. The first-order chi connectivity index (χ1) is 18.2. The van der Waals surface area contributed by atoms with Crippen LogP contribution in [-0.2, 0) is 21.5 Å². The average Bonchev–Trinajstić information content (AvgIpc) is 2.91. The van der Waals surface area contributed by atoms with Crippen LogP contribution >= 0.6 is 0 Å². The average molecular weight is 538 g/mol. The lowest BCUT2D eigenvalue weighted by molar-refractivity contribution is -0.0500. The van der Waals surface area contributed by atoms with Crippen LogP contribution in [0.2, 0.25) is 0 Å². The van der Waals surface area contributed by atoms with E-state index in [0.29, 0.717) is 28.1 Å². The van der Waals surface area contributed by atoms with Crippen LogP contribution in [0, 0.1) is 0 Å². The minimum atomic E-state index is -5.80. The summed E-state index contributed by atoms with van der Waals surface area (Å²) in [6.07, 6.45) is 0. The summed E-state index contributed by atoms with van der Waals surface area (Å²) in [6.45, 7) is 3.81. The Bertz CT molecular complexity index is 1550. The van der Waals surface area contributed by atoms with Gasteiger partial charge in [-0.25, -0.2) is 0 Å². The quantitative estimate of drug-likeness (QED) is 0.0738. The molecule has 9 heteroatoms. The van der Waals surface area contributed by atoms with Crippen LogP contribution < -0.4 is 4.18 Å². The lowest BCUT2D eigenvalue weighted by atomic mass is 10.00. The Morgan fingerprint density at radius 3 is 2.03 bits per heavy atom. The largest absolute Gasteiger partial charge is 0.534 e. The van der Waals surface area contributed by atoms with Crippen LogP contribution in [0.15, 0.2) is 114 Å². The molecule has 0 N–H and O–H groups in total. The van der Waals surface area contributed by atoms with Gasteiger partial charge in [-0.15, -0.1) is 0 Å². The Morgan fingerprint density at radius 1 is 0.789 bits per heavy atom. The van der Waals surface area contributed by atoms with Crippen LogP contribution in [0.3, 0.4) is 0 Å². The van der Waals surface area contributed by atoms with Crippen LogP contribution in [0.25, 0.3) is 22.6 Å². The molecule has 0 heterocycles. The van der Waals surface area contributed by atoms with Crippen LogP contribution in [0.5, 0.6) is 5.75 Å². The van der Waals surface area contributed by atoms with Gasteiger partial charge in [-0.3, -0.25) is 4.99 Å². The van der Waals surface area contributed by atoms with E-state index in [4.69, 9.17) is 4.74 Å². The monoisotopic (exact) mass is 537 g/mol. The summed E-state index contributed by atoms with van der Waals surface area (Å²) in [6, 6.07) is 31.4. The lowest BCUT2D eigenvalue weighted by Gasteiger charge is -2.17. The summed E-state index contributed by atoms with van der Waals surface area (Å²) >= 11 is 0. The minimum Gasteiger partial charge on any atom is -0.486 e. The maximum atomic E-state index is 12.8. The van der Waals surface area contributed by atoms with Gasteiger partial charge in [0.05, 0.1) is 0 Å². The fraction of sp³-hybridized carbons (Fsp3) is 0.0690. The summed E-state index contributed by atoms with van der Waals surface area (Å²) in [5.74, 6) is 0.0394. The summed E-state index contributed by atoms with van der Waals surface area (Å²) in [5, 5.41) is 0. The van der Waals surface area contributed by atoms with E-state index < -0.39 is 21.4 Å².